The normalized spacial score (nSPS) is 11.3. The number of hydrogen-bond donors (Lipinski definition) is 0. The summed E-state index contributed by atoms with van der Waals surface area (Å²) in [6.07, 6.45) is 4.87. The van der Waals surface area contributed by atoms with Crippen LogP contribution in [0.4, 0.5) is 0 Å². The Bertz CT molecular complexity index is 2430. The molecule has 0 saturated heterocycles. The molecule has 0 saturated carbocycles. The Morgan fingerprint density at radius 3 is 0.945 bits per heavy atom. The second kappa shape index (κ2) is 30.2. The van der Waals surface area contributed by atoms with E-state index in [0.717, 1.165) is 86.9 Å². The van der Waals surface area contributed by atoms with Gasteiger partial charge >= 0.3 is 23.9 Å². The first-order chi connectivity index (χ1) is 34.9. The third-order valence-corrected chi connectivity index (χ3v) is 11.7. The zero-order valence-electron chi connectivity index (χ0n) is 46.2. The number of esters is 4. The molecule has 0 amide bonds. The summed E-state index contributed by atoms with van der Waals surface area (Å²) in [6, 6.07) is 19.0. The fraction of sp³-hybridized carbons (Fsp3) is 0.541. The number of carbonyl (C=O) groups is 4. The molecule has 0 aliphatic carbocycles. The maximum atomic E-state index is 13.2. The summed E-state index contributed by atoms with van der Waals surface area (Å²) in [6.45, 7) is 26.3. The Morgan fingerprint density at radius 2 is 0.630 bits per heavy atom. The molecule has 0 radical (unpaired) electrons. The van der Waals surface area contributed by atoms with Crippen LogP contribution >= 0.6 is 0 Å². The van der Waals surface area contributed by atoms with Gasteiger partial charge < -0.3 is 37.9 Å². The molecule has 0 aromatic heterocycles. The Morgan fingerprint density at radius 1 is 0.356 bits per heavy atom. The maximum absolute atomic E-state index is 13.2. The summed E-state index contributed by atoms with van der Waals surface area (Å²) in [7, 11) is 0. The molecule has 0 aliphatic heterocycles. The number of benzene rings is 4. The Labute approximate surface area is 436 Å². The molecule has 4 aromatic rings. The average Bonchev–Trinajstić information content (AvgIpc) is 3.30. The molecule has 12 heteroatoms. The second-order valence-electron chi connectivity index (χ2n) is 20.3. The third kappa shape index (κ3) is 19.7. The Kier molecular flexibility index (Phi) is 24.6. The van der Waals surface area contributed by atoms with Crippen LogP contribution in [0.3, 0.4) is 0 Å². The molecule has 0 heterocycles. The van der Waals surface area contributed by atoms with Crippen LogP contribution < -0.4 is 18.9 Å². The first kappa shape index (κ1) is 59.5. The minimum absolute atomic E-state index is 0.196. The molecular formula is C61H84O12. The lowest BCUT2D eigenvalue weighted by Crippen LogP contribution is -2.18. The van der Waals surface area contributed by atoms with Crippen molar-refractivity contribution in [1.82, 2.24) is 0 Å². The van der Waals surface area contributed by atoms with Gasteiger partial charge in [0.15, 0.2) is 26.4 Å². The van der Waals surface area contributed by atoms with Crippen LogP contribution in [0.15, 0.2) is 54.6 Å². The van der Waals surface area contributed by atoms with E-state index >= 15 is 0 Å². The number of rotatable bonds is 31. The lowest BCUT2D eigenvalue weighted by atomic mass is 9.88. The quantitative estimate of drug-likeness (QED) is 0.0350. The molecule has 0 atom stereocenters. The second-order valence-corrected chi connectivity index (χ2v) is 20.3. The number of ether oxygens (including phenoxy) is 8. The van der Waals surface area contributed by atoms with E-state index in [4.69, 9.17) is 37.9 Å². The van der Waals surface area contributed by atoms with Gasteiger partial charge in [-0.05, 0) is 151 Å². The van der Waals surface area contributed by atoms with Gasteiger partial charge in [-0.15, -0.1) is 0 Å². The van der Waals surface area contributed by atoms with E-state index in [0.29, 0.717) is 72.4 Å². The Hall–Kier alpha value is -6.04. The summed E-state index contributed by atoms with van der Waals surface area (Å²) >= 11 is 0. The number of aryl methyl sites for hydroxylation is 1. The maximum Gasteiger partial charge on any atom is 0.344 e. The lowest BCUT2D eigenvalue weighted by Gasteiger charge is -2.23. The van der Waals surface area contributed by atoms with E-state index in [-0.39, 0.29) is 52.9 Å². The van der Waals surface area contributed by atoms with Crippen molar-refractivity contribution in [3.05, 3.63) is 116 Å². The van der Waals surface area contributed by atoms with Crippen molar-refractivity contribution in [1.29, 1.82) is 0 Å². The van der Waals surface area contributed by atoms with Crippen LogP contribution in [0.2, 0.25) is 0 Å². The number of hydrogen-bond acceptors (Lipinski definition) is 12. The molecule has 400 valence electrons. The van der Waals surface area contributed by atoms with Crippen molar-refractivity contribution in [3.63, 3.8) is 0 Å². The highest BCUT2D eigenvalue weighted by atomic mass is 16.6. The van der Waals surface area contributed by atoms with E-state index in [1.54, 1.807) is 27.7 Å². The Balaban J connectivity index is 2.07. The fourth-order valence-electron chi connectivity index (χ4n) is 9.19. The standard InChI is InChI=1S/C61H84O12/c1-14-47-26-44(22-40(8)9)27-50(59(47)71-36-56(63)67-16-3)33-51-30-46(24-42(12)13)31-53(61(51)73-38-58(65)69-18-5)34-52-29-45(23-41(10)11)28-49(60(52)72-37-57(64)68-17-4)32-48-25-43(21-39(6)7)19-20-54(48)70-35-55(62)66-15-2/h19-20,25-31,39-42H,14-18,21-24,32-38H2,1-13H3. The van der Waals surface area contributed by atoms with Crippen LogP contribution in [0.1, 0.15) is 151 Å². The van der Waals surface area contributed by atoms with Gasteiger partial charge in [-0.2, -0.15) is 0 Å². The van der Waals surface area contributed by atoms with Crippen molar-refractivity contribution >= 4 is 23.9 Å². The van der Waals surface area contributed by atoms with E-state index in [9.17, 15) is 19.2 Å². The zero-order chi connectivity index (χ0) is 53.6. The van der Waals surface area contributed by atoms with Crippen LogP contribution in [0.5, 0.6) is 23.0 Å². The summed E-state index contributed by atoms with van der Waals surface area (Å²) in [5.74, 6) is 1.66. The molecular weight excluding hydrogens is 925 g/mol. The minimum Gasteiger partial charge on any atom is -0.482 e. The minimum atomic E-state index is -0.505. The summed E-state index contributed by atoms with van der Waals surface area (Å²) < 4.78 is 47.1. The van der Waals surface area contributed by atoms with Crippen LogP contribution in [-0.4, -0.2) is 76.7 Å². The van der Waals surface area contributed by atoms with Gasteiger partial charge in [0.25, 0.3) is 0 Å². The van der Waals surface area contributed by atoms with E-state index < -0.39 is 23.9 Å². The molecule has 0 unspecified atom stereocenters. The molecule has 0 aliphatic rings. The lowest BCUT2D eigenvalue weighted by molar-refractivity contribution is -0.146. The molecule has 4 rings (SSSR count). The van der Waals surface area contributed by atoms with Gasteiger partial charge in [-0.3, -0.25) is 0 Å². The van der Waals surface area contributed by atoms with Crippen molar-refractivity contribution in [2.75, 3.05) is 52.9 Å². The summed E-state index contributed by atoms with van der Waals surface area (Å²) in [5.41, 5.74) is 10.4. The largest absolute Gasteiger partial charge is 0.482 e. The smallest absolute Gasteiger partial charge is 0.344 e. The van der Waals surface area contributed by atoms with E-state index in [1.165, 1.54) is 0 Å². The van der Waals surface area contributed by atoms with Crippen molar-refractivity contribution in [3.8, 4) is 23.0 Å². The molecule has 4 aromatic carbocycles. The number of carbonyl (C=O) groups excluding carboxylic acids is 4. The summed E-state index contributed by atoms with van der Waals surface area (Å²) in [5, 5.41) is 0. The molecule has 0 spiro atoms. The summed E-state index contributed by atoms with van der Waals surface area (Å²) in [4.78, 5) is 51.7. The van der Waals surface area contributed by atoms with Crippen molar-refractivity contribution in [2.24, 2.45) is 23.7 Å². The zero-order valence-corrected chi connectivity index (χ0v) is 46.2. The van der Waals surface area contributed by atoms with Gasteiger partial charge in [0.1, 0.15) is 23.0 Å². The predicted octanol–water partition coefficient (Wildman–Crippen LogP) is 11.6. The van der Waals surface area contributed by atoms with Gasteiger partial charge in [-0.25, -0.2) is 19.2 Å². The third-order valence-electron chi connectivity index (χ3n) is 11.7. The van der Waals surface area contributed by atoms with Crippen molar-refractivity contribution in [2.45, 2.75) is 141 Å². The van der Waals surface area contributed by atoms with Crippen molar-refractivity contribution < 1.29 is 57.1 Å². The SMILES string of the molecule is CCOC(=O)COc1ccc(CC(C)C)cc1Cc1cc(CC(C)C)cc(Cc2cc(CC(C)C)cc(Cc3cc(CC(C)C)cc(CC)c3OCC(=O)OCC)c2OCC(=O)OCC)c1OCC(=O)OCC. The highest BCUT2D eigenvalue weighted by Crippen LogP contribution is 2.39. The van der Waals surface area contributed by atoms with Crippen LogP contribution in [0.25, 0.3) is 0 Å². The molecule has 0 fully saturated rings. The first-order valence-electron chi connectivity index (χ1n) is 26.6. The van der Waals surface area contributed by atoms with Gasteiger partial charge in [-0.1, -0.05) is 111 Å². The van der Waals surface area contributed by atoms with Crippen LogP contribution in [-0.2, 0) is 89.5 Å². The van der Waals surface area contributed by atoms with Gasteiger partial charge in [0.2, 0.25) is 0 Å². The van der Waals surface area contributed by atoms with Gasteiger partial charge in [0, 0.05) is 19.3 Å². The highest BCUT2D eigenvalue weighted by molar-refractivity contribution is 5.73. The monoisotopic (exact) mass is 1010 g/mol. The highest BCUT2D eigenvalue weighted by Gasteiger charge is 2.24. The molecule has 12 nitrogen and oxygen atoms in total. The first-order valence-corrected chi connectivity index (χ1v) is 26.6. The molecule has 73 heavy (non-hydrogen) atoms. The van der Waals surface area contributed by atoms with Gasteiger partial charge in [0.05, 0.1) is 26.4 Å². The van der Waals surface area contributed by atoms with Crippen LogP contribution in [0, 0.1) is 23.7 Å². The fourth-order valence-corrected chi connectivity index (χ4v) is 9.19. The van der Waals surface area contributed by atoms with E-state index in [1.807, 2.05) is 12.1 Å². The molecule has 0 N–H and O–H groups in total. The average molecular weight is 1010 g/mol. The molecule has 0 bridgehead atoms. The predicted molar refractivity (Wildman–Crippen MR) is 286 cm³/mol. The topological polar surface area (TPSA) is 142 Å². The van der Waals surface area contributed by atoms with E-state index in [2.05, 4.69) is 105 Å².